The second kappa shape index (κ2) is 11.9. The van der Waals surface area contributed by atoms with E-state index >= 15 is 0 Å². The van der Waals surface area contributed by atoms with Gasteiger partial charge in [-0.15, -0.1) is 11.3 Å². The molecule has 1 aliphatic heterocycles. The molecular formula is C27H30N2O5S. The molecule has 3 aromatic rings. The maximum atomic E-state index is 13.6. The molecule has 2 aromatic carbocycles. The van der Waals surface area contributed by atoms with Gasteiger partial charge < -0.3 is 24.0 Å². The molecule has 0 radical (unpaired) electrons. The Morgan fingerprint density at radius 3 is 2.63 bits per heavy atom. The zero-order chi connectivity index (χ0) is 24.6. The molecule has 0 saturated carbocycles. The van der Waals surface area contributed by atoms with E-state index in [9.17, 15) is 9.59 Å². The second-order valence-corrected chi connectivity index (χ2v) is 9.23. The molecule has 35 heavy (non-hydrogen) atoms. The third-order valence-corrected chi connectivity index (χ3v) is 7.06. The van der Waals surface area contributed by atoms with Crippen molar-refractivity contribution in [3.8, 4) is 11.5 Å². The summed E-state index contributed by atoms with van der Waals surface area (Å²) in [5.74, 6) is 1.10. The number of amides is 2. The van der Waals surface area contributed by atoms with Gasteiger partial charge in [-0.2, -0.15) is 0 Å². The van der Waals surface area contributed by atoms with E-state index in [2.05, 4.69) is 11.4 Å². The average molecular weight is 495 g/mol. The Morgan fingerprint density at radius 1 is 1.06 bits per heavy atom. The first-order valence-corrected chi connectivity index (χ1v) is 12.4. The number of hydrogen-bond acceptors (Lipinski definition) is 6. The van der Waals surface area contributed by atoms with Crippen LogP contribution in [0, 0.1) is 0 Å². The summed E-state index contributed by atoms with van der Waals surface area (Å²) in [6.07, 6.45) is 0.791. The molecule has 184 valence electrons. The van der Waals surface area contributed by atoms with Crippen LogP contribution >= 0.6 is 11.3 Å². The van der Waals surface area contributed by atoms with Crippen molar-refractivity contribution in [2.24, 2.45) is 0 Å². The summed E-state index contributed by atoms with van der Waals surface area (Å²) in [5.41, 5.74) is 1.66. The first kappa shape index (κ1) is 24.8. The molecular weight excluding hydrogens is 464 g/mol. The Labute approximate surface area is 209 Å². The number of fused-ring (bicyclic) bond motifs is 1. The van der Waals surface area contributed by atoms with Crippen molar-refractivity contribution in [3.63, 3.8) is 0 Å². The number of carbonyl (C=O) groups is 2. The van der Waals surface area contributed by atoms with Gasteiger partial charge in [0.1, 0.15) is 24.7 Å². The van der Waals surface area contributed by atoms with Gasteiger partial charge in [0.2, 0.25) is 5.91 Å². The smallest absolute Gasteiger partial charge is 0.254 e. The predicted molar refractivity (Wildman–Crippen MR) is 135 cm³/mol. The minimum Gasteiger partial charge on any atom is -0.497 e. The zero-order valence-corrected chi connectivity index (χ0v) is 20.8. The van der Waals surface area contributed by atoms with Crippen molar-refractivity contribution in [2.75, 3.05) is 47.1 Å². The Hall–Kier alpha value is -3.36. The lowest BCUT2D eigenvalue weighted by atomic mass is 10.0. The fourth-order valence-electron chi connectivity index (χ4n) is 4.21. The molecule has 7 nitrogen and oxygen atoms in total. The summed E-state index contributed by atoms with van der Waals surface area (Å²) in [5, 5.41) is 2.06. The number of hydrogen-bond donors (Lipinski definition) is 0. The van der Waals surface area contributed by atoms with E-state index in [-0.39, 0.29) is 24.4 Å². The summed E-state index contributed by atoms with van der Waals surface area (Å²) < 4.78 is 16.6. The van der Waals surface area contributed by atoms with Crippen LogP contribution in [-0.4, -0.2) is 68.7 Å². The highest BCUT2D eigenvalue weighted by Crippen LogP contribution is 2.34. The number of thiophene rings is 1. The molecule has 8 heteroatoms. The molecule has 1 aliphatic rings. The summed E-state index contributed by atoms with van der Waals surface area (Å²) in [7, 11) is 3.20. The first-order valence-electron chi connectivity index (χ1n) is 11.6. The number of methoxy groups -OCH3 is 2. The molecule has 1 atom stereocenters. The van der Waals surface area contributed by atoms with Gasteiger partial charge in [0, 0.05) is 36.7 Å². The summed E-state index contributed by atoms with van der Waals surface area (Å²) in [6.45, 7) is 1.55. The van der Waals surface area contributed by atoms with E-state index < -0.39 is 0 Å². The van der Waals surface area contributed by atoms with Crippen LogP contribution in [0.4, 0.5) is 0 Å². The quantitative estimate of drug-likeness (QED) is 0.425. The van der Waals surface area contributed by atoms with Crippen molar-refractivity contribution in [2.45, 2.75) is 12.5 Å². The third kappa shape index (κ3) is 6.01. The molecule has 0 fully saturated rings. The van der Waals surface area contributed by atoms with Crippen molar-refractivity contribution < 1.29 is 23.8 Å². The van der Waals surface area contributed by atoms with Crippen molar-refractivity contribution in [1.29, 1.82) is 0 Å². The maximum Gasteiger partial charge on any atom is 0.254 e. The van der Waals surface area contributed by atoms with Crippen LogP contribution < -0.4 is 9.47 Å². The molecule has 2 amide bonds. The number of nitrogens with zero attached hydrogens (tertiary/aromatic N) is 2. The van der Waals surface area contributed by atoms with Gasteiger partial charge in [-0.3, -0.25) is 9.59 Å². The highest BCUT2D eigenvalue weighted by Gasteiger charge is 2.33. The molecule has 1 aromatic heterocycles. The number of carbonyl (C=O) groups excluding carboxylic acids is 2. The third-order valence-electron chi connectivity index (χ3n) is 6.06. The summed E-state index contributed by atoms with van der Waals surface area (Å²) in [6, 6.07) is 18.3. The molecule has 0 N–H and O–H groups in total. The van der Waals surface area contributed by atoms with E-state index in [1.165, 1.54) is 4.88 Å². The van der Waals surface area contributed by atoms with Gasteiger partial charge >= 0.3 is 0 Å². The highest BCUT2D eigenvalue weighted by atomic mass is 32.1. The number of benzene rings is 2. The summed E-state index contributed by atoms with van der Waals surface area (Å²) >= 11 is 1.70. The topological polar surface area (TPSA) is 68.3 Å². The van der Waals surface area contributed by atoms with E-state index in [1.807, 2.05) is 47.4 Å². The van der Waals surface area contributed by atoms with Crippen LogP contribution in [-0.2, 0) is 16.0 Å². The van der Waals surface area contributed by atoms with E-state index in [0.717, 1.165) is 12.0 Å². The van der Waals surface area contributed by atoms with Crippen molar-refractivity contribution in [1.82, 2.24) is 9.80 Å². The predicted octanol–water partition coefficient (Wildman–Crippen LogP) is 4.05. The van der Waals surface area contributed by atoms with Gasteiger partial charge in [-0.1, -0.05) is 24.3 Å². The summed E-state index contributed by atoms with van der Waals surface area (Å²) in [4.78, 5) is 31.4. The van der Waals surface area contributed by atoms with E-state index in [1.54, 1.807) is 42.6 Å². The molecule has 0 aliphatic carbocycles. The SMILES string of the molecule is COCCN(CC(=O)N1CCc2sccc2C1COc1cccc(OC)c1)C(=O)c1ccccc1. The second-order valence-electron chi connectivity index (χ2n) is 8.23. The van der Waals surface area contributed by atoms with Gasteiger partial charge in [0.15, 0.2) is 0 Å². The monoisotopic (exact) mass is 494 g/mol. The molecule has 4 rings (SSSR count). The Bertz CT molecular complexity index is 1130. The van der Waals surface area contributed by atoms with Crippen LogP contribution in [0.1, 0.15) is 26.8 Å². The first-order chi connectivity index (χ1) is 17.1. The van der Waals surface area contributed by atoms with Crippen LogP contribution in [0.2, 0.25) is 0 Å². The van der Waals surface area contributed by atoms with Gasteiger partial charge in [0.25, 0.3) is 5.91 Å². The van der Waals surface area contributed by atoms with E-state index in [4.69, 9.17) is 14.2 Å². The van der Waals surface area contributed by atoms with E-state index in [0.29, 0.717) is 43.4 Å². The molecule has 2 heterocycles. The van der Waals surface area contributed by atoms with Gasteiger partial charge in [-0.25, -0.2) is 0 Å². The minimum absolute atomic E-state index is 0.0216. The molecule has 0 spiro atoms. The molecule has 0 bridgehead atoms. The minimum atomic E-state index is -0.236. The van der Waals surface area contributed by atoms with Crippen LogP contribution in [0.3, 0.4) is 0 Å². The number of ether oxygens (including phenoxy) is 3. The standard InChI is InChI=1S/C27H30N2O5S/c1-32-15-14-28(27(31)20-7-4-3-5-8-20)18-26(30)29-13-11-25-23(12-16-35-25)24(29)19-34-22-10-6-9-21(17-22)33-2/h3-10,12,16-17,24H,11,13-15,18-19H2,1-2H3. The fourth-order valence-corrected chi connectivity index (χ4v) is 5.14. The zero-order valence-electron chi connectivity index (χ0n) is 20.0. The lowest BCUT2D eigenvalue weighted by Gasteiger charge is -2.37. The maximum absolute atomic E-state index is 13.6. The van der Waals surface area contributed by atoms with Crippen LogP contribution in [0.15, 0.2) is 66.0 Å². The van der Waals surface area contributed by atoms with Crippen molar-refractivity contribution >= 4 is 23.2 Å². The molecule has 1 unspecified atom stereocenters. The van der Waals surface area contributed by atoms with Gasteiger partial charge in [0.05, 0.1) is 19.8 Å². The molecule has 0 saturated heterocycles. The van der Waals surface area contributed by atoms with Gasteiger partial charge in [-0.05, 0) is 47.7 Å². The fraction of sp³-hybridized carbons (Fsp3) is 0.333. The van der Waals surface area contributed by atoms with Crippen LogP contribution in [0.25, 0.3) is 0 Å². The Kier molecular flexibility index (Phi) is 8.39. The lowest BCUT2D eigenvalue weighted by molar-refractivity contribution is -0.135. The lowest BCUT2D eigenvalue weighted by Crippen LogP contribution is -2.48. The van der Waals surface area contributed by atoms with Crippen LogP contribution in [0.5, 0.6) is 11.5 Å². The normalized spacial score (nSPS) is 14.8. The highest BCUT2D eigenvalue weighted by molar-refractivity contribution is 7.10. The Balaban J connectivity index is 1.52. The largest absolute Gasteiger partial charge is 0.497 e. The average Bonchev–Trinajstić information content (AvgIpc) is 3.39. The van der Waals surface area contributed by atoms with Crippen molar-refractivity contribution in [3.05, 3.63) is 82.0 Å². The number of rotatable bonds is 10. The Morgan fingerprint density at radius 2 is 1.86 bits per heavy atom.